The van der Waals surface area contributed by atoms with Gasteiger partial charge < -0.3 is 14.5 Å². The number of halogens is 1. The quantitative estimate of drug-likeness (QED) is 0.500. The van der Waals surface area contributed by atoms with Crippen molar-refractivity contribution in [1.29, 1.82) is 0 Å². The van der Waals surface area contributed by atoms with Gasteiger partial charge in [0.15, 0.2) is 12.4 Å². The average Bonchev–Trinajstić information content (AvgIpc) is 3.17. The van der Waals surface area contributed by atoms with Crippen molar-refractivity contribution < 1.29 is 28.3 Å². The summed E-state index contributed by atoms with van der Waals surface area (Å²) in [6.07, 6.45) is 1.30. The number of nitrogens with one attached hydrogen (secondary N) is 3. The third kappa shape index (κ3) is 5.95. The summed E-state index contributed by atoms with van der Waals surface area (Å²) in [7, 11) is 0. The molecule has 0 bridgehead atoms. The standard InChI is InChI=1S/C16H14ClN3O6/c17-11-5-3-10(4-6-11)15(23)18-8-14(22)26-9-13(21)19-20-16(24)12-2-1-7-25-12/h1-7H,8-9H2,(H,18,23)(H,19,21)(H,20,24). The van der Waals surface area contributed by atoms with Crippen molar-refractivity contribution in [3.05, 3.63) is 59.0 Å². The molecule has 9 nitrogen and oxygen atoms in total. The van der Waals surface area contributed by atoms with Gasteiger partial charge in [-0.2, -0.15) is 0 Å². The minimum absolute atomic E-state index is 0.00667. The van der Waals surface area contributed by atoms with E-state index in [1.165, 1.54) is 42.7 Å². The fraction of sp³-hybridized carbons (Fsp3) is 0.125. The number of rotatable bonds is 6. The van der Waals surface area contributed by atoms with Crippen LogP contribution in [0.25, 0.3) is 0 Å². The molecule has 3 N–H and O–H groups in total. The number of carbonyl (C=O) groups excluding carboxylic acids is 4. The van der Waals surface area contributed by atoms with E-state index in [2.05, 4.69) is 15.5 Å². The van der Waals surface area contributed by atoms with E-state index in [0.717, 1.165) is 0 Å². The third-order valence-electron chi connectivity index (χ3n) is 2.92. The first-order valence-electron chi connectivity index (χ1n) is 7.28. The van der Waals surface area contributed by atoms with E-state index in [9.17, 15) is 19.2 Å². The number of hydrazine groups is 1. The minimum Gasteiger partial charge on any atom is -0.459 e. The number of amides is 3. The number of esters is 1. The highest BCUT2D eigenvalue weighted by Gasteiger charge is 2.12. The first-order chi connectivity index (χ1) is 12.5. The lowest BCUT2D eigenvalue weighted by atomic mass is 10.2. The second-order valence-electron chi connectivity index (χ2n) is 4.83. The Kier molecular flexibility index (Phi) is 6.75. The molecule has 0 saturated carbocycles. The van der Waals surface area contributed by atoms with E-state index in [0.29, 0.717) is 10.6 Å². The summed E-state index contributed by atoms with van der Waals surface area (Å²) in [6.45, 7) is -1.05. The maximum atomic E-state index is 11.8. The lowest BCUT2D eigenvalue weighted by Gasteiger charge is -2.08. The number of benzene rings is 1. The molecule has 0 fully saturated rings. The molecule has 2 rings (SSSR count). The van der Waals surface area contributed by atoms with E-state index >= 15 is 0 Å². The molecule has 26 heavy (non-hydrogen) atoms. The lowest BCUT2D eigenvalue weighted by molar-refractivity contribution is -0.147. The monoisotopic (exact) mass is 379 g/mol. The first-order valence-corrected chi connectivity index (χ1v) is 7.65. The normalized spacial score (nSPS) is 9.88. The smallest absolute Gasteiger partial charge is 0.325 e. The fourth-order valence-electron chi connectivity index (χ4n) is 1.68. The number of hydrogen-bond donors (Lipinski definition) is 3. The van der Waals surface area contributed by atoms with Crippen molar-refractivity contribution in [2.75, 3.05) is 13.2 Å². The van der Waals surface area contributed by atoms with Crippen LogP contribution in [0.4, 0.5) is 0 Å². The van der Waals surface area contributed by atoms with Gasteiger partial charge in [0.1, 0.15) is 6.54 Å². The molecule has 0 unspecified atom stereocenters. The van der Waals surface area contributed by atoms with Crippen LogP contribution in [0.15, 0.2) is 47.1 Å². The van der Waals surface area contributed by atoms with Crippen molar-refractivity contribution in [2.45, 2.75) is 0 Å². The SMILES string of the molecule is O=C(COC(=O)CNC(=O)c1ccc(Cl)cc1)NNC(=O)c1ccco1. The third-order valence-corrected chi connectivity index (χ3v) is 3.18. The Labute approximate surface area is 152 Å². The van der Waals surface area contributed by atoms with Crippen LogP contribution in [0.1, 0.15) is 20.9 Å². The van der Waals surface area contributed by atoms with Crippen molar-refractivity contribution >= 4 is 35.3 Å². The van der Waals surface area contributed by atoms with Crippen molar-refractivity contribution in [3.63, 3.8) is 0 Å². The van der Waals surface area contributed by atoms with Crippen molar-refractivity contribution in [3.8, 4) is 0 Å². The van der Waals surface area contributed by atoms with Gasteiger partial charge in [0.25, 0.3) is 11.8 Å². The largest absolute Gasteiger partial charge is 0.459 e. The van der Waals surface area contributed by atoms with E-state index in [-0.39, 0.29) is 5.76 Å². The van der Waals surface area contributed by atoms with Gasteiger partial charge in [-0.05, 0) is 36.4 Å². The van der Waals surface area contributed by atoms with Crippen LogP contribution < -0.4 is 16.2 Å². The van der Waals surface area contributed by atoms with Crippen LogP contribution in [-0.2, 0) is 14.3 Å². The van der Waals surface area contributed by atoms with Crippen molar-refractivity contribution in [2.24, 2.45) is 0 Å². The molecule has 0 aliphatic heterocycles. The summed E-state index contributed by atoms with van der Waals surface area (Å²) in [5.74, 6) is -2.73. The molecule has 10 heteroatoms. The van der Waals surface area contributed by atoms with Gasteiger partial charge in [0.05, 0.1) is 6.26 Å². The van der Waals surface area contributed by atoms with Crippen LogP contribution in [0.5, 0.6) is 0 Å². The number of carbonyl (C=O) groups is 4. The Hall–Kier alpha value is -3.33. The van der Waals surface area contributed by atoms with Crippen molar-refractivity contribution in [1.82, 2.24) is 16.2 Å². The van der Waals surface area contributed by atoms with E-state index in [1.54, 1.807) is 0 Å². The molecule has 0 aliphatic carbocycles. The highest BCUT2D eigenvalue weighted by Crippen LogP contribution is 2.09. The summed E-state index contributed by atoms with van der Waals surface area (Å²) < 4.78 is 9.50. The van der Waals surface area contributed by atoms with Gasteiger partial charge in [-0.1, -0.05) is 11.6 Å². The van der Waals surface area contributed by atoms with Gasteiger partial charge in [-0.15, -0.1) is 0 Å². The Balaban J connectivity index is 1.64. The van der Waals surface area contributed by atoms with Gasteiger partial charge in [0.2, 0.25) is 0 Å². The van der Waals surface area contributed by atoms with E-state index < -0.39 is 36.8 Å². The predicted octanol–water partition coefficient (Wildman–Crippen LogP) is 0.667. The molecule has 0 atom stereocenters. The molecular formula is C16H14ClN3O6. The van der Waals surface area contributed by atoms with Crippen LogP contribution in [0.3, 0.4) is 0 Å². The molecule has 0 radical (unpaired) electrons. The lowest BCUT2D eigenvalue weighted by Crippen LogP contribution is -2.44. The summed E-state index contributed by atoms with van der Waals surface area (Å²) in [6, 6.07) is 8.99. The minimum atomic E-state index is -0.820. The van der Waals surface area contributed by atoms with Gasteiger partial charge >= 0.3 is 11.9 Å². The number of hydrogen-bond acceptors (Lipinski definition) is 6. The molecule has 136 valence electrons. The summed E-state index contributed by atoms with van der Waals surface area (Å²) in [5.41, 5.74) is 4.45. The summed E-state index contributed by atoms with van der Waals surface area (Å²) >= 11 is 5.71. The number of ether oxygens (including phenoxy) is 1. The Bertz CT molecular complexity index is 789. The fourth-order valence-corrected chi connectivity index (χ4v) is 1.81. The second kappa shape index (κ2) is 9.23. The zero-order valence-corrected chi connectivity index (χ0v) is 14.0. The molecule has 2 aromatic rings. The van der Waals surface area contributed by atoms with Crippen LogP contribution in [-0.4, -0.2) is 36.8 Å². The van der Waals surface area contributed by atoms with Crippen LogP contribution in [0, 0.1) is 0 Å². The Morgan fingerprint density at radius 2 is 1.73 bits per heavy atom. The first kappa shape index (κ1) is 19.0. The Morgan fingerprint density at radius 1 is 1.00 bits per heavy atom. The highest BCUT2D eigenvalue weighted by molar-refractivity contribution is 6.30. The van der Waals surface area contributed by atoms with E-state index in [4.69, 9.17) is 16.0 Å². The number of furan rings is 1. The molecule has 0 saturated heterocycles. The molecule has 3 amide bonds. The molecule has 1 aromatic carbocycles. The second-order valence-corrected chi connectivity index (χ2v) is 5.27. The van der Waals surface area contributed by atoms with Gasteiger partial charge in [0, 0.05) is 10.6 Å². The van der Waals surface area contributed by atoms with E-state index in [1.807, 2.05) is 5.43 Å². The zero-order valence-electron chi connectivity index (χ0n) is 13.3. The van der Waals surface area contributed by atoms with Gasteiger partial charge in [-0.25, -0.2) is 0 Å². The highest BCUT2D eigenvalue weighted by atomic mass is 35.5. The summed E-state index contributed by atoms with van der Waals surface area (Å²) in [4.78, 5) is 46.3. The Morgan fingerprint density at radius 3 is 2.38 bits per heavy atom. The average molecular weight is 380 g/mol. The van der Waals surface area contributed by atoms with Crippen LogP contribution >= 0.6 is 11.6 Å². The molecule has 1 heterocycles. The van der Waals surface area contributed by atoms with Gasteiger partial charge in [-0.3, -0.25) is 30.0 Å². The molecule has 1 aromatic heterocycles. The topological polar surface area (TPSA) is 127 Å². The molecular weight excluding hydrogens is 366 g/mol. The molecule has 0 spiro atoms. The maximum Gasteiger partial charge on any atom is 0.325 e. The maximum absolute atomic E-state index is 11.8. The van der Waals surface area contributed by atoms with Crippen LogP contribution in [0.2, 0.25) is 5.02 Å². The predicted molar refractivity (Wildman–Crippen MR) is 89.1 cm³/mol. The summed E-state index contributed by atoms with van der Waals surface area (Å²) in [5, 5.41) is 2.82. The molecule has 0 aliphatic rings. The zero-order chi connectivity index (χ0) is 18.9.